The molecule has 0 heterocycles. The lowest BCUT2D eigenvalue weighted by Gasteiger charge is -2.12. The van der Waals surface area contributed by atoms with Crippen molar-refractivity contribution >= 4 is 17.3 Å². The van der Waals surface area contributed by atoms with Crippen LogP contribution >= 0.6 is 0 Å². The quantitative estimate of drug-likeness (QED) is 0.500. The average Bonchev–Trinajstić information content (AvgIpc) is 2.65. The van der Waals surface area contributed by atoms with Crippen molar-refractivity contribution in [1.29, 1.82) is 0 Å². The molecule has 0 atom stereocenters. The summed E-state index contributed by atoms with van der Waals surface area (Å²) < 4.78 is 5.80. The molecule has 0 aromatic heterocycles. The minimum atomic E-state index is -0.0763. The van der Waals surface area contributed by atoms with Crippen molar-refractivity contribution in [3.8, 4) is 5.75 Å². The van der Waals surface area contributed by atoms with E-state index in [0.717, 1.165) is 35.7 Å². The Morgan fingerprint density at radius 2 is 1.81 bits per heavy atom. The zero-order chi connectivity index (χ0) is 19.5. The largest absolute Gasteiger partial charge is 0.494 e. The molecule has 0 spiro atoms. The number of carbonyl (C=O) groups excluding carboxylic acids is 1. The number of anilines is 2. The number of hydrogen-bond acceptors (Lipinski definition) is 3. The van der Waals surface area contributed by atoms with E-state index in [2.05, 4.69) is 35.8 Å². The highest BCUT2D eigenvalue weighted by molar-refractivity contribution is 5.94. The maximum Gasteiger partial charge on any atom is 0.243 e. The molecular formula is C23H32N2O2. The molecule has 0 radical (unpaired) electrons. The Balaban J connectivity index is 1.77. The first-order chi connectivity index (χ1) is 13.1. The van der Waals surface area contributed by atoms with Gasteiger partial charge in [-0.1, -0.05) is 50.8 Å². The van der Waals surface area contributed by atoms with Gasteiger partial charge in [0, 0.05) is 17.4 Å². The van der Waals surface area contributed by atoms with Crippen LogP contribution in [0.25, 0.3) is 0 Å². The molecule has 0 fully saturated rings. The maximum atomic E-state index is 12.2. The molecule has 0 saturated carbocycles. The van der Waals surface area contributed by atoms with Gasteiger partial charge in [0.15, 0.2) is 0 Å². The summed E-state index contributed by atoms with van der Waals surface area (Å²) in [6.07, 6.45) is 6.08. The van der Waals surface area contributed by atoms with Crippen molar-refractivity contribution in [3.63, 3.8) is 0 Å². The van der Waals surface area contributed by atoms with Crippen LogP contribution in [0.1, 0.15) is 50.2 Å². The van der Waals surface area contributed by atoms with Gasteiger partial charge < -0.3 is 15.4 Å². The second-order valence-corrected chi connectivity index (χ2v) is 7.01. The van der Waals surface area contributed by atoms with Crippen LogP contribution in [0.2, 0.25) is 0 Å². The van der Waals surface area contributed by atoms with Gasteiger partial charge in [-0.2, -0.15) is 0 Å². The zero-order valence-electron chi connectivity index (χ0n) is 16.8. The summed E-state index contributed by atoms with van der Waals surface area (Å²) >= 11 is 0. The van der Waals surface area contributed by atoms with Crippen LogP contribution in [0.4, 0.5) is 11.4 Å². The molecule has 1 amide bonds. The fourth-order valence-corrected chi connectivity index (χ4v) is 2.87. The fourth-order valence-electron chi connectivity index (χ4n) is 2.87. The predicted molar refractivity (Wildman–Crippen MR) is 114 cm³/mol. The van der Waals surface area contributed by atoms with Gasteiger partial charge in [0.05, 0.1) is 13.2 Å². The minimum Gasteiger partial charge on any atom is -0.494 e. The van der Waals surface area contributed by atoms with E-state index in [1.165, 1.54) is 31.2 Å². The van der Waals surface area contributed by atoms with E-state index in [1.807, 2.05) is 38.1 Å². The first-order valence-electron chi connectivity index (χ1n) is 9.92. The van der Waals surface area contributed by atoms with Crippen LogP contribution in [0.15, 0.2) is 42.5 Å². The lowest BCUT2D eigenvalue weighted by atomic mass is 10.1. The zero-order valence-corrected chi connectivity index (χ0v) is 16.8. The Kier molecular flexibility index (Phi) is 8.69. The highest BCUT2D eigenvalue weighted by Crippen LogP contribution is 2.19. The van der Waals surface area contributed by atoms with Crippen molar-refractivity contribution in [2.75, 3.05) is 23.8 Å². The predicted octanol–water partition coefficient (Wildman–Crippen LogP) is 5.70. The van der Waals surface area contributed by atoms with Crippen molar-refractivity contribution in [2.45, 2.75) is 52.9 Å². The van der Waals surface area contributed by atoms with Crippen molar-refractivity contribution in [3.05, 3.63) is 53.6 Å². The monoisotopic (exact) mass is 368 g/mol. The van der Waals surface area contributed by atoms with Crippen LogP contribution in [0.3, 0.4) is 0 Å². The number of ether oxygens (including phenoxy) is 1. The van der Waals surface area contributed by atoms with Crippen LogP contribution in [-0.2, 0) is 4.79 Å². The van der Waals surface area contributed by atoms with Gasteiger partial charge in [0.1, 0.15) is 5.75 Å². The van der Waals surface area contributed by atoms with Crippen molar-refractivity contribution < 1.29 is 9.53 Å². The summed E-state index contributed by atoms with van der Waals surface area (Å²) in [5, 5.41) is 6.13. The number of unbranched alkanes of at least 4 members (excludes halogenated alkanes) is 4. The summed E-state index contributed by atoms with van der Waals surface area (Å²) in [4.78, 5) is 12.2. The Bertz CT molecular complexity index is 728. The normalized spacial score (nSPS) is 10.5. The Hall–Kier alpha value is -2.49. The smallest absolute Gasteiger partial charge is 0.243 e. The average molecular weight is 369 g/mol. The SMILES string of the molecule is CCCCCCCOc1cccc(NC(=O)CNc2cc(C)ccc2C)c1. The second kappa shape index (κ2) is 11.3. The minimum absolute atomic E-state index is 0.0763. The van der Waals surface area contributed by atoms with Crippen molar-refractivity contribution in [1.82, 2.24) is 0 Å². The molecule has 0 unspecified atom stereocenters. The topological polar surface area (TPSA) is 50.4 Å². The van der Waals surface area contributed by atoms with Crippen LogP contribution < -0.4 is 15.4 Å². The van der Waals surface area contributed by atoms with Crippen LogP contribution in [0.5, 0.6) is 5.75 Å². The molecule has 2 N–H and O–H groups in total. The highest BCUT2D eigenvalue weighted by Gasteiger charge is 2.05. The third-order valence-electron chi connectivity index (χ3n) is 4.47. The van der Waals surface area contributed by atoms with Crippen LogP contribution in [0, 0.1) is 13.8 Å². The Morgan fingerprint density at radius 1 is 1.00 bits per heavy atom. The van der Waals surface area contributed by atoms with E-state index in [4.69, 9.17) is 4.74 Å². The molecule has 0 saturated heterocycles. The second-order valence-electron chi connectivity index (χ2n) is 7.01. The Morgan fingerprint density at radius 3 is 2.63 bits per heavy atom. The number of carbonyl (C=O) groups is 1. The van der Waals surface area contributed by atoms with Gasteiger partial charge in [-0.3, -0.25) is 4.79 Å². The lowest BCUT2D eigenvalue weighted by Crippen LogP contribution is -2.22. The van der Waals surface area contributed by atoms with E-state index in [0.29, 0.717) is 0 Å². The van der Waals surface area contributed by atoms with Gasteiger partial charge in [-0.05, 0) is 49.6 Å². The standard InChI is InChI=1S/C23H32N2O2/c1-4-5-6-7-8-14-27-21-11-9-10-20(16-21)25-23(26)17-24-22-15-18(2)12-13-19(22)3/h9-13,15-16,24H,4-8,14,17H2,1-3H3,(H,25,26). The fraction of sp³-hybridized carbons (Fsp3) is 0.435. The molecule has 0 aliphatic heterocycles. The molecule has 0 aliphatic rings. The molecular weight excluding hydrogens is 336 g/mol. The van der Waals surface area contributed by atoms with E-state index < -0.39 is 0 Å². The number of benzene rings is 2. The lowest BCUT2D eigenvalue weighted by molar-refractivity contribution is -0.114. The summed E-state index contributed by atoms with van der Waals surface area (Å²) in [5.41, 5.74) is 4.04. The third kappa shape index (κ3) is 7.73. The number of nitrogens with one attached hydrogen (secondary N) is 2. The molecule has 0 aliphatic carbocycles. The molecule has 27 heavy (non-hydrogen) atoms. The maximum absolute atomic E-state index is 12.2. The first kappa shape index (κ1) is 20.8. The number of hydrogen-bond donors (Lipinski definition) is 2. The number of amides is 1. The molecule has 4 heteroatoms. The molecule has 4 nitrogen and oxygen atoms in total. The van der Waals surface area contributed by atoms with Gasteiger partial charge >= 0.3 is 0 Å². The summed E-state index contributed by atoms with van der Waals surface area (Å²) in [5.74, 6) is 0.721. The molecule has 2 rings (SSSR count). The molecule has 2 aromatic rings. The van der Waals surface area contributed by atoms with E-state index in [1.54, 1.807) is 0 Å². The van der Waals surface area contributed by atoms with Crippen molar-refractivity contribution in [2.24, 2.45) is 0 Å². The summed E-state index contributed by atoms with van der Waals surface area (Å²) in [7, 11) is 0. The third-order valence-corrected chi connectivity index (χ3v) is 4.47. The van der Waals surface area contributed by atoms with Gasteiger partial charge in [-0.15, -0.1) is 0 Å². The number of rotatable bonds is 11. The van der Waals surface area contributed by atoms with Gasteiger partial charge in [-0.25, -0.2) is 0 Å². The molecule has 0 bridgehead atoms. The highest BCUT2D eigenvalue weighted by atomic mass is 16.5. The van der Waals surface area contributed by atoms with Crippen LogP contribution in [-0.4, -0.2) is 19.1 Å². The van der Waals surface area contributed by atoms with E-state index in [9.17, 15) is 4.79 Å². The number of aryl methyl sites for hydroxylation is 2. The first-order valence-corrected chi connectivity index (χ1v) is 9.92. The molecule has 146 valence electrons. The van der Waals surface area contributed by atoms with E-state index >= 15 is 0 Å². The molecule has 2 aromatic carbocycles. The van der Waals surface area contributed by atoms with Gasteiger partial charge in [0.25, 0.3) is 0 Å². The summed E-state index contributed by atoms with van der Waals surface area (Å²) in [6, 6.07) is 13.8. The van der Waals surface area contributed by atoms with E-state index in [-0.39, 0.29) is 12.5 Å². The Labute approximate surface area is 163 Å². The summed E-state index contributed by atoms with van der Waals surface area (Å²) in [6.45, 7) is 7.23. The van der Waals surface area contributed by atoms with Gasteiger partial charge in [0.2, 0.25) is 5.91 Å².